The van der Waals surface area contributed by atoms with E-state index in [0.29, 0.717) is 6.42 Å². The van der Waals surface area contributed by atoms with E-state index in [1.165, 1.54) is 4.31 Å². The van der Waals surface area contributed by atoms with Crippen molar-refractivity contribution in [3.63, 3.8) is 0 Å². The van der Waals surface area contributed by atoms with Gasteiger partial charge < -0.3 is 0 Å². The predicted molar refractivity (Wildman–Crippen MR) is 124 cm³/mol. The van der Waals surface area contributed by atoms with E-state index >= 15 is 0 Å². The number of allylic oxidation sites excluding steroid dienone is 1. The van der Waals surface area contributed by atoms with Crippen molar-refractivity contribution in [1.29, 1.82) is 0 Å². The molecule has 0 radical (unpaired) electrons. The molecular formula is C26H24N2O3S. The molecule has 32 heavy (non-hydrogen) atoms. The fraction of sp³-hybridized carbons (Fsp3) is 0.192. The van der Waals surface area contributed by atoms with Gasteiger partial charge in [0.05, 0.1) is 4.90 Å². The van der Waals surface area contributed by atoms with Crippen molar-refractivity contribution >= 4 is 22.0 Å². The third-order valence-electron chi connectivity index (χ3n) is 6.20. The number of rotatable bonds is 4. The van der Waals surface area contributed by atoms with Crippen LogP contribution in [0.15, 0.2) is 89.5 Å². The molecule has 162 valence electrons. The van der Waals surface area contributed by atoms with Gasteiger partial charge in [-0.2, -0.15) is 4.31 Å². The third kappa shape index (κ3) is 3.27. The SMILES string of the molecule is CC1=Cc2ccccc2[C@@H]2N1C(=O)[C@H](Cc1ccccc1)N2S(=O)(=O)c1ccc(C)cc1. The van der Waals surface area contributed by atoms with Crippen molar-refractivity contribution in [2.24, 2.45) is 0 Å². The van der Waals surface area contributed by atoms with E-state index in [-0.39, 0.29) is 10.8 Å². The smallest absolute Gasteiger partial charge is 0.247 e. The van der Waals surface area contributed by atoms with Crippen molar-refractivity contribution in [3.8, 4) is 0 Å². The van der Waals surface area contributed by atoms with Gasteiger partial charge in [0.2, 0.25) is 15.9 Å². The Hall–Kier alpha value is -3.22. The molecule has 3 aromatic rings. The molecule has 0 spiro atoms. The number of fused-ring (bicyclic) bond motifs is 3. The summed E-state index contributed by atoms with van der Waals surface area (Å²) >= 11 is 0. The van der Waals surface area contributed by atoms with Gasteiger partial charge in [-0.1, -0.05) is 72.3 Å². The zero-order chi connectivity index (χ0) is 22.5. The number of aryl methyl sites for hydroxylation is 1. The fourth-order valence-corrected chi connectivity index (χ4v) is 6.33. The van der Waals surface area contributed by atoms with Crippen LogP contribution in [0.4, 0.5) is 0 Å². The minimum absolute atomic E-state index is 0.195. The summed E-state index contributed by atoms with van der Waals surface area (Å²) < 4.78 is 29.4. The Morgan fingerprint density at radius 3 is 2.22 bits per heavy atom. The molecule has 0 saturated carbocycles. The molecule has 0 N–H and O–H groups in total. The Kier molecular flexibility index (Phi) is 4.99. The van der Waals surface area contributed by atoms with Gasteiger partial charge in [-0.15, -0.1) is 0 Å². The van der Waals surface area contributed by atoms with Crippen LogP contribution in [0.2, 0.25) is 0 Å². The molecule has 2 heterocycles. The molecule has 2 aliphatic rings. The molecule has 1 saturated heterocycles. The molecule has 3 aromatic carbocycles. The highest BCUT2D eigenvalue weighted by Crippen LogP contribution is 2.46. The van der Waals surface area contributed by atoms with Crippen LogP contribution < -0.4 is 0 Å². The average molecular weight is 445 g/mol. The standard InChI is InChI=1S/C26H24N2O3S/c1-18-12-14-22(15-13-18)32(30,31)28-24(17-20-8-4-3-5-9-20)26(29)27-19(2)16-21-10-6-7-11-23(21)25(27)28/h3-16,24-25H,17H2,1-2H3/t24-,25+/m0/s1. The number of benzene rings is 3. The highest BCUT2D eigenvalue weighted by Gasteiger charge is 2.54. The Morgan fingerprint density at radius 2 is 1.50 bits per heavy atom. The summed E-state index contributed by atoms with van der Waals surface area (Å²) in [6.07, 6.45) is 1.56. The summed E-state index contributed by atoms with van der Waals surface area (Å²) in [7, 11) is -3.95. The quantitative estimate of drug-likeness (QED) is 0.595. The van der Waals surface area contributed by atoms with Crippen molar-refractivity contribution in [2.45, 2.75) is 37.4 Å². The molecule has 2 atom stereocenters. The summed E-state index contributed by atoms with van der Waals surface area (Å²) in [5.74, 6) is -0.196. The predicted octanol–water partition coefficient (Wildman–Crippen LogP) is 4.51. The van der Waals surface area contributed by atoms with Crippen LogP contribution >= 0.6 is 0 Å². The lowest BCUT2D eigenvalue weighted by atomic mass is 9.99. The number of hydrogen-bond acceptors (Lipinski definition) is 3. The first kappa shape index (κ1) is 20.7. The third-order valence-corrected chi connectivity index (χ3v) is 8.08. The average Bonchev–Trinajstić information content (AvgIpc) is 3.08. The second-order valence-electron chi connectivity index (χ2n) is 8.35. The molecule has 5 nitrogen and oxygen atoms in total. The minimum Gasteiger partial charge on any atom is -0.294 e. The van der Waals surface area contributed by atoms with E-state index in [0.717, 1.165) is 28.0 Å². The molecular weight excluding hydrogens is 420 g/mol. The van der Waals surface area contributed by atoms with E-state index in [4.69, 9.17) is 0 Å². The molecule has 0 aliphatic carbocycles. The number of amides is 1. The second kappa shape index (κ2) is 7.73. The molecule has 1 fully saturated rings. The molecule has 0 aromatic heterocycles. The summed E-state index contributed by atoms with van der Waals surface area (Å²) in [4.78, 5) is 15.5. The first-order valence-corrected chi connectivity index (χ1v) is 12.1. The number of carbonyl (C=O) groups is 1. The normalized spacial score (nSPS) is 20.6. The fourth-order valence-electron chi connectivity index (χ4n) is 4.63. The van der Waals surface area contributed by atoms with Crippen LogP contribution in [0.1, 0.15) is 35.3 Å². The minimum atomic E-state index is -3.95. The monoisotopic (exact) mass is 444 g/mol. The summed E-state index contributed by atoms with van der Waals surface area (Å²) in [5.41, 5.74) is 4.40. The van der Waals surface area contributed by atoms with Gasteiger partial charge in [0.1, 0.15) is 12.2 Å². The van der Waals surface area contributed by atoms with Gasteiger partial charge in [-0.3, -0.25) is 9.69 Å². The number of carbonyl (C=O) groups excluding carboxylic acids is 1. The summed E-state index contributed by atoms with van der Waals surface area (Å²) in [6, 6.07) is 23.2. The Bertz CT molecular complexity index is 1310. The van der Waals surface area contributed by atoms with E-state index in [9.17, 15) is 13.2 Å². The van der Waals surface area contributed by atoms with Crippen LogP contribution in [0.5, 0.6) is 0 Å². The Balaban J connectivity index is 1.69. The summed E-state index contributed by atoms with van der Waals surface area (Å²) in [5, 5.41) is 0. The van der Waals surface area contributed by atoms with Gasteiger partial charge in [0.25, 0.3) is 0 Å². The van der Waals surface area contributed by atoms with Crippen LogP contribution in [0.3, 0.4) is 0 Å². The molecule has 2 aliphatic heterocycles. The number of hydrogen-bond donors (Lipinski definition) is 0. The van der Waals surface area contributed by atoms with Crippen LogP contribution in [0, 0.1) is 6.92 Å². The van der Waals surface area contributed by atoms with Gasteiger partial charge >= 0.3 is 0 Å². The molecule has 6 heteroatoms. The molecule has 0 bridgehead atoms. The lowest BCUT2D eigenvalue weighted by molar-refractivity contribution is -0.128. The van der Waals surface area contributed by atoms with E-state index < -0.39 is 22.2 Å². The maximum absolute atomic E-state index is 14.0. The number of nitrogens with zero attached hydrogens (tertiary/aromatic N) is 2. The highest BCUT2D eigenvalue weighted by atomic mass is 32.2. The van der Waals surface area contributed by atoms with Gasteiger partial charge in [0, 0.05) is 5.70 Å². The van der Waals surface area contributed by atoms with E-state index in [1.54, 1.807) is 29.2 Å². The van der Waals surface area contributed by atoms with Crippen molar-refractivity contribution in [1.82, 2.24) is 9.21 Å². The van der Waals surface area contributed by atoms with Gasteiger partial charge in [0.15, 0.2) is 0 Å². The van der Waals surface area contributed by atoms with Gasteiger partial charge in [-0.05, 0) is 55.2 Å². The maximum atomic E-state index is 14.0. The Labute approximate surface area is 188 Å². The lowest BCUT2D eigenvalue weighted by Gasteiger charge is -2.35. The van der Waals surface area contributed by atoms with Crippen molar-refractivity contribution < 1.29 is 13.2 Å². The first-order chi connectivity index (χ1) is 15.4. The van der Waals surface area contributed by atoms with Crippen LogP contribution in [-0.4, -0.2) is 29.6 Å². The molecule has 5 rings (SSSR count). The lowest BCUT2D eigenvalue weighted by Crippen LogP contribution is -2.41. The zero-order valence-corrected chi connectivity index (χ0v) is 18.8. The Morgan fingerprint density at radius 1 is 0.844 bits per heavy atom. The molecule has 0 unspecified atom stereocenters. The van der Waals surface area contributed by atoms with Gasteiger partial charge in [-0.25, -0.2) is 8.42 Å². The first-order valence-electron chi connectivity index (χ1n) is 10.6. The molecule has 1 amide bonds. The van der Waals surface area contributed by atoms with Crippen molar-refractivity contribution in [2.75, 3.05) is 0 Å². The van der Waals surface area contributed by atoms with Crippen LogP contribution in [0.25, 0.3) is 6.08 Å². The van der Waals surface area contributed by atoms with E-state index in [1.807, 2.05) is 74.5 Å². The topological polar surface area (TPSA) is 57.7 Å². The highest BCUT2D eigenvalue weighted by molar-refractivity contribution is 7.89. The summed E-state index contributed by atoms with van der Waals surface area (Å²) in [6.45, 7) is 3.78. The maximum Gasteiger partial charge on any atom is 0.247 e. The second-order valence-corrected chi connectivity index (χ2v) is 10.2. The zero-order valence-electron chi connectivity index (χ0n) is 18.0. The van der Waals surface area contributed by atoms with E-state index in [2.05, 4.69) is 0 Å². The largest absolute Gasteiger partial charge is 0.294 e. The number of sulfonamides is 1. The van der Waals surface area contributed by atoms with Crippen LogP contribution in [-0.2, 0) is 21.2 Å². The van der Waals surface area contributed by atoms with Crippen molar-refractivity contribution in [3.05, 3.63) is 107 Å².